The zero-order chi connectivity index (χ0) is 26.7. The summed E-state index contributed by atoms with van der Waals surface area (Å²) in [5.41, 5.74) is 7.63. The molecular weight excluding hydrogens is 490 g/mol. The maximum absolute atomic E-state index is 13.3. The van der Waals surface area contributed by atoms with Crippen molar-refractivity contribution in [1.82, 2.24) is 19.7 Å². The van der Waals surface area contributed by atoms with E-state index in [0.717, 1.165) is 12.8 Å². The van der Waals surface area contributed by atoms with Crippen LogP contribution in [0.15, 0.2) is 53.6 Å². The molecule has 10 heteroatoms. The molecule has 1 fully saturated rings. The number of nitrogens with zero attached hydrogens (tertiary/aromatic N) is 3. The van der Waals surface area contributed by atoms with E-state index >= 15 is 0 Å². The van der Waals surface area contributed by atoms with Crippen LogP contribution in [0.2, 0.25) is 0 Å². The van der Waals surface area contributed by atoms with E-state index in [1.165, 1.54) is 18.2 Å². The van der Waals surface area contributed by atoms with Crippen LogP contribution in [0.5, 0.6) is 5.88 Å². The summed E-state index contributed by atoms with van der Waals surface area (Å²) >= 11 is 0. The van der Waals surface area contributed by atoms with Gasteiger partial charge in [0.15, 0.2) is 5.03 Å². The first kappa shape index (κ1) is 26.5. The maximum Gasteiger partial charge on any atom is 0.281 e. The van der Waals surface area contributed by atoms with Gasteiger partial charge in [0.25, 0.3) is 15.9 Å². The van der Waals surface area contributed by atoms with E-state index in [-0.39, 0.29) is 38.4 Å². The van der Waals surface area contributed by atoms with Crippen LogP contribution in [0.1, 0.15) is 66.8 Å². The van der Waals surface area contributed by atoms with Crippen molar-refractivity contribution in [2.24, 2.45) is 17.8 Å². The number of ether oxygens (including phenoxy) is 1. The molecule has 202 valence electrons. The van der Waals surface area contributed by atoms with E-state index in [4.69, 9.17) is 15.5 Å². The molecule has 9 nitrogen and oxygen atoms in total. The second-order valence-electron chi connectivity index (χ2n) is 10.1. The Morgan fingerprint density at radius 3 is 2.38 bits per heavy atom. The summed E-state index contributed by atoms with van der Waals surface area (Å²) in [6.45, 7) is 8.94. The van der Waals surface area contributed by atoms with Crippen LogP contribution in [-0.2, 0) is 10.0 Å². The van der Waals surface area contributed by atoms with Gasteiger partial charge in [-0.25, -0.2) is 14.7 Å². The van der Waals surface area contributed by atoms with E-state index in [1.54, 1.807) is 18.2 Å². The molecule has 0 saturated heterocycles. The van der Waals surface area contributed by atoms with E-state index in [0.29, 0.717) is 35.5 Å². The van der Waals surface area contributed by atoms with Gasteiger partial charge in [-0.15, -0.1) is 0 Å². The second kappa shape index (κ2) is 10.8. The highest BCUT2D eigenvalue weighted by Crippen LogP contribution is 2.44. The molecule has 1 saturated carbocycles. The molecule has 1 unspecified atom stereocenters. The number of hydrogen-bond acceptors (Lipinski definition) is 8. The van der Waals surface area contributed by atoms with Gasteiger partial charge in [0.2, 0.25) is 5.88 Å². The first-order chi connectivity index (χ1) is 17.5. The van der Waals surface area contributed by atoms with Crippen LogP contribution in [-0.4, -0.2) is 35.9 Å². The summed E-state index contributed by atoms with van der Waals surface area (Å²) in [6.07, 6.45) is 2.00. The first-order valence-electron chi connectivity index (χ1n) is 12.5. The molecule has 3 atom stereocenters. The molecule has 3 aromatic heterocycles. The van der Waals surface area contributed by atoms with Gasteiger partial charge >= 0.3 is 0 Å². The number of pyridine rings is 3. The highest BCUT2D eigenvalue weighted by Gasteiger charge is 2.36. The van der Waals surface area contributed by atoms with Crippen molar-refractivity contribution in [3.8, 4) is 17.3 Å². The van der Waals surface area contributed by atoms with E-state index in [2.05, 4.69) is 42.4 Å². The van der Waals surface area contributed by atoms with Crippen LogP contribution < -0.4 is 15.2 Å². The van der Waals surface area contributed by atoms with Crippen molar-refractivity contribution in [2.45, 2.75) is 51.5 Å². The highest BCUT2D eigenvalue weighted by atomic mass is 32.2. The standard InChI is InChI=1S/C27H33N5O4S.3H2/c1-16(2)15-36-23-9-5-7-20(29-23)21-14-13-19(26(30-21)25-17(3)11-12-18(25)4)27(33)32-37(34,35)24-10-6-8-22(28)31-24;;;/h5-10,13-14,16-18,25H,11-12,15H2,1-4H3,(H2,28,31)(H,32,33);3*1H/t17-,18+,25?;;;. The lowest BCUT2D eigenvalue weighted by Crippen LogP contribution is -2.33. The molecule has 0 bridgehead atoms. The third-order valence-electron chi connectivity index (χ3n) is 6.59. The van der Waals surface area contributed by atoms with Crippen molar-refractivity contribution >= 4 is 21.7 Å². The Labute approximate surface area is 222 Å². The maximum atomic E-state index is 13.3. The zero-order valence-electron chi connectivity index (χ0n) is 21.5. The number of aromatic nitrogens is 3. The Bertz CT molecular complexity index is 1400. The summed E-state index contributed by atoms with van der Waals surface area (Å²) < 4.78 is 33.7. The lowest BCUT2D eigenvalue weighted by Gasteiger charge is -2.23. The third-order valence-corrected chi connectivity index (χ3v) is 7.82. The molecule has 1 aliphatic carbocycles. The molecule has 3 heterocycles. The molecule has 0 aliphatic heterocycles. The van der Waals surface area contributed by atoms with Gasteiger partial charge < -0.3 is 10.5 Å². The average molecular weight is 530 g/mol. The van der Waals surface area contributed by atoms with Crippen molar-refractivity contribution in [3.63, 3.8) is 0 Å². The minimum absolute atomic E-state index is 0. The van der Waals surface area contributed by atoms with Gasteiger partial charge in [-0.1, -0.05) is 39.8 Å². The fourth-order valence-corrected chi connectivity index (χ4v) is 5.69. The number of sulfonamides is 1. The average Bonchev–Trinajstić information content (AvgIpc) is 3.19. The van der Waals surface area contributed by atoms with Gasteiger partial charge in [0.1, 0.15) is 5.82 Å². The number of nitrogens with two attached hydrogens (primary N) is 1. The Kier molecular flexibility index (Phi) is 7.77. The van der Waals surface area contributed by atoms with E-state index < -0.39 is 15.9 Å². The van der Waals surface area contributed by atoms with Crippen molar-refractivity contribution in [2.75, 3.05) is 12.3 Å². The molecule has 37 heavy (non-hydrogen) atoms. The first-order valence-corrected chi connectivity index (χ1v) is 13.9. The second-order valence-corrected chi connectivity index (χ2v) is 11.7. The molecule has 0 radical (unpaired) electrons. The summed E-state index contributed by atoms with van der Waals surface area (Å²) in [4.78, 5) is 26.7. The van der Waals surface area contributed by atoms with Crippen LogP contribution >= 0.6 is 0 Å². The van der Waals surface area contributed by atoms with Gasteiger partial charge in [-0.05, 0) is 60.9 Å². The van der Waals surface area contributed by atoms with Crippen LogP contribution in [0.3, 0.4) is 0 Å². The lowest BCUT2D eigenvalue weighted by molar-refractivity contribution is 0.0979. The normalized spacial score (nSPS) is 19.6. The Balaban J connectivity index is 0.00000267. The lowest BCUT2D eigenvalue weighted by atomic mass is 9.85. The Hall–Kier alpha value is -3.53. The molecule has 0 spiro atoms. The molecule has 1 aliphatic rings. The van der Waals surface area contributed by atoms with Crippen LogP contribution in [0.4, 0.5) is 5.82 Å². The number of carbonyl (C=O) groups excluding carboxylic acids is 1. The number of nitrogen functional groups attached to an aromatic ring is 1. The minimum atomic E-state index is -4.23. The third kappa shape index (κ3) is 6.07. The number of nitrogens with one attached hydrogen (secondary N) is 1. The molecule has 3 N–H and O–H groups in total. The SMILES string of the molecule is CC(C)COc1cccc(-c2ccc(C(=O)NS(=O)(=O)c3cccc(N)n3)c(C3[C@H](C)CC[C@@H]3C)n2)n1.[HH].[HH].[HH]. The smallest absolute Gasteiger partial charge is 0.281 e. The number of anilines is 1. The monoisotopic (exact) mass is 529 g/mol. The summed E-state index contributed by atoms with van der Waals surface area (Å²) in [7, 11) is -4.23. The molecule has 3 aromatic rings. The summed E-state index contributed by atoms with van der Waals surface area (Å²) in [5, 5.41) is -0.322. The van der Waals surface area contributed by atoms with Crippen LogP contribution in [0.25, 0.3) is 11.4 Å². The molecule has 0 aromatic carbocycles. The Morgan fingerprint density at radius 2 is 1.70 bits per heavy atom. The van der Waals surface area contributed by atoms with Crippen molar-refractivity contribution in [1.29, 1.82) is 0 Å². The van der Waals surface area contributed by atoms with Crippen molar-refractivity contribution in [3.05, 3.63) is 59.8 Å². The predicted molar refractivity (Wildman–Crippen MR) is 148 cm³/mol. The summed E-state index contributed by atoms with van der Waals surface area (Å²) in [6, 6.07) is 13.0. The fraction of sp³-hybridized carbons (Fsp3) is 0.407. The number of rotatable bonds is 8. The van der Waals surface area contributed by atoms with Crippen LogP contribution in [0, 0.1) is 17.8 Å². The largest absolute Gasteiger partial charge is 0.477 e. The molecule has 1 amide bonds. The summed E-state index contributed by atoms with van der Waals surface area (Å²) in [5.74, 6) is 0.704. The quantitative estimate of drug-likeness (QED) is 0.408. The van der Waals surface area contributed by atoms with Gasteiger partial charge in [0.05, 0.1) is 29.3 Å². The number of carbonyl (C=O) groups is 1. The fourth-order valence-electron chi connectivity index (χ4n) is 4.75. The van der Waals surface area contributed by atoms with Gasteiger partial charge in [-0.2, -0.15) is 8.42 Å². The van der Waals surface area contributed by atoms with E-state index in [1.807, 2.05) is 12.1 Å². The van der Waals surface area contributed by atoms with Gasteiger partial charge in [0, 0.05) is 16.3 Å². The van der Waals surface area contributed by atoms with Gasteiger partial charge in [-0.3, -0.25) is 9.78 Å². The van der Waals surface area contributed by atoms with E-state index in [9.17, 15) is 13.2 Å². The topological polar surface area (TPSA) is 137 Å². The number of amides is 1. The molecular formula is C27H39N5O4S. The number of hydrogen-bond donors (Lipinski definition) is 2. The minimum Gasteiger partial charge on any atom is -0.477 e. The zero-order valence-corrected chi connectivity index (χ0v) is 22.3. The van der Waals surface area contributed by atoms with Crippen molar-refractivity contribution < 1.29 is 22.2 Å². The highest BCUT2D eigenvalue weighted by molar-refractivity contribution is 7.90. The predicted octanol–water partition coefficient (Wildman–Crippen LogP) is 5.16. The Morgan fingerprint density at radius 1 is 1.03 bits per heavy atom. The molecule has 4 rings (SSSR count).